The van der Waals surface area contributed by atoms with Crippen LogP contribution in [0.25, 0.3) is 0 Å². The Morgan fingerprint density at radius 3 is 2.12 bits per heavy atom. The highest BCUT2D eigenvalue weighted by Crippen LogP contribution is 2.36. The number of para-hydroxylation sites is 2. The standard InChI is InChI=1S/C20H22N2O2/c23-17-11-12-21(13-17)14-20(24)22-18-7-3-1-5-15(18)9-10-16-6-2-4-8-19(16)22/h1-8,17,23H,9-14H2/t17-/m0/s1. The highest BCUT2D eigenvalue weighted by molar-refractivity contribution is 6.03. The number of fused-ring (bicyclic) bond motifs is 2. The molecule has 0 saturated carbocycles. The third-order valence-corrected chi connectivity index (χ3v) is 4.98. The smallest absolute Gasteiger partial charge is 0.245 e. The van der Waals surface area contributed by atoms with Crippen molar-refractivity contribution in [2.45, 2.75) is 25.4 Å². The first kappa shape index (κ1) is 15.4. The summed E-state index contributed by atoms with van der Waals surface area (Å²) < 4.78 is 0. The second-order valence-electron chi connectivity index (χ2n) is 6.66. The number of benzene rings is 2. The molecule has 0 radical (unpaired) electrons. The van der Waals surface area contributed by atoms with Gasteiger partial charge in [-0.1, -0.05) is 36.4 Å². The molecule has 1 N–H and O–H groups in total. The minimum atomic E-state index is -0.304. The Morgan fingerprint density at radius 1 is 1.00 bits per heavy atom. The van der Waals surface area contributed by atoms with Crippen LogP contribution in [0.15, 0.2) is 48.5 Å². The number of carbonyl (C=O) groups excluding carboxylic acids is 1. The molecule has 4 rings (SSSR count). The summed E-state index contributed by atoms with van der Waals surface area (Å²) in [5.74, 6) is 0.0749. The number of aliphatic hydroxyl groups excluding tert-OH is 1. The Kier molecular flexibility index (Phi) is 4.08. The maximum absolute atomic E-state index is 13.1. The quantitative estimate of drug-likeness (QED) is 0.924. The highest BCUT2D eigenvalue weighted by Gasteiger charge is 2.29. The van der Waals surface area contributed by atoms with Gasteiger partial charge in [0.15, 0.2) is 0 Å². The van der Waals surface area contributed by atoms with E-state index in [1.807, 2.05) is 46.2 Å². The molecule has 0 aliphatic carbocycles. The van der Waals surface area contributed by atoms with Crippen LogP contribution in [0.5, 0.6) is 0 Å². The van der Waals surface area contributed by atoms with Crippen molar-refractivity contribution >= 4 is 17.3 Å². The number of likely N-dealkylation sites (tertiary alicyclic amines) is 1. The second kappa shape index (κ2) is 6.38. The summed E-state index contributed by atoms with van der Waals surface area (Å²) in [6.45, 7) is 1.71. The zero-order chi connectivity index (χ0) is 16.5. The van der Waals surface area contributed by atoms with Gasteiger partial charge >= 0.3 is 0 Å². The van der Waals surface area contributed by atoms with Crippen LogP contribution in [0.1, 0.15) is 17.5 Å². The molecule has 0 aromatic heterocycles. The molecule has 0 bridgehead atoms. The summed E-state index contributed by atoms with van der Waals surface area (Å²) in [4.78, 5) is 17.1. The topological polar surface area (TPSA) is 43.8 Å². The summed E-state index contributed by atoms with van der Waals surface area (Å²) in [5.41, 5.74) is 4.41. The summed E-state index contributed by atoms with van der Waals surface area (Å²) in [6, 6.07) is 16.4. The fourth-order valence-corrected chi connectivity index (χ4v) is 3.77. The zero-order valence-electron chi connectivity index (χ0n) is 13.7. The van der Waals surface area contributed by atoms with E-state index >= 15 is 0 Å². The van der Waals surface area contributed by atoms with E-state index < -0.39 is 0 Å². The number of nitrogens with zero attached hydrogens (tertiary/aromatic N) is 2. The number of carbonyl (C=O) groups is 1. The van der Waals surface area contributed by atoms with Gasteiger partial charge < -0.3 is 5.11 Å². The molecule has 1 saturated heterocycles. The molecule has 1 fully saturated rings. The molecule has 4 nitrogen and oxygen atoms in total. The Hall–Kier alpha value is -2.17. The van der Waals surface area contributed by atoms with Crippen LogP contribution in [0.4, 0.5) is 11.4 Å². The monoisotopic (exact) mass is 322 g/mol. The Labute approximate surface area is 142 Å². The van der Waals surface area contributed by atoms with Crippen LogP contribution in [0, 0.1) is 0 Å². The molecule has 2 aliphatic rings. The lowest BCUT2D eigenvalue weighted by Crippen LogP contribution is -2.37. The average Bonchev–Trinajstić information content (AvgIpc) is 2.91. The largest absolute Gasteiger partial charge is 0.392 e. The molecule has 1 atom stereocenters. The van der Waals surface area contributed by atoms with Gasteiger partial charge in [0.2, 0.25) is 5.91 Å². The van der Waals surface area contributed by atoms with Gasteiger partial charge in [-0.25, -0.2) is 0 Å². The Bertz CT molecular complexity index is 711. The molecule has 1 amide bonds. The molecule has 0 spiro atoms. The Balaban J connectivity index is 1.71. The number of β-amino-alcohol motifs (C(OH)–C–C–N with tert-alkyl or cyclic N) is 1. The van der Waals surface area contributed by atoms with Crippen LogP contribution in [-0.4, -0.2) is 41.7 Å². The summed E-state index contributed by atoms with van der Waals surface area (Å²) in [5, 5.41) is 9.72. The molecule has 24 heavy (non-hydrogen) atoms. The fraction of sp³-hybridized carbons (Fsp3) is 0.350. The average molecular weight is 322 g/mol. The molecule has 2 aromatic carbocycles. The van der Waals surface area contributed by atoms with Gasteiger partial charge in [-0.2, -0.15) is 0 Å². The van der Waals surface area contributed by atoms with Gasteiger partial charge in [0.1, 0.15) is 0 Å². The van der Waals surface area contributed by atoms with Gasteiger partial charge in [-0.3, -0.25) is 14.6 Å². The number of rotatable bonds is 2. The van der Waals surface area contributed by atoms with E-state index in [-0.39, 0.29) is 12.0 Å². The maximum Gasteiger partial charge on any atom is 0.245 e. The van der Waals surface area contributed by atoms with Crippen molar-refractivity contribution in [1.82, 2.24) is 4.90 Å². The molecular formula is C20H22N2O2. The molecule has 2 aromatic rings. The van der Waals surface area contributed by atoms with E-state index in [0.717, 1.165) is 37.2 Å². The van der Waals surface area contributed by atoms with Crippen LogP contribution in [0.2, 0.25) is 0 Å². The van der Waals surface area contributed by atoms with Crippen molar-refractivity contribution in [2.75, 3.05) is 24.5 Å². The number of amides is 1. The SMILES string of the molecule is O=C(CN1CC[C@H](O)C1)N1c2ccccc2CCc2ccccc21. The molecule has 0 unspecified atom stereocenters. The van der Waals surface area contributed by atoms with Crippen molar-refractivity contribution in [3.8, 4) is 0 Å². The van der Waals surface area contributed by atoms with Gasteiger partial charge in [-0.15, -0.1) is 0 Å². The van der Waals surface area contributed by atoms with Gasteiger partial charge in [0, 0.05) is 13.1 Å². The number of hydrogen-bond acceptors (Lipinski definition) is 3. The predicted octanol–water partition coefficient (Wildman–Crippen LogP) is 2.52. The van der Waals surface area contributed by atoms with E-state index in [1.54, 1.807) is 0 Å². The number of aryl methyl sites for hydroxylation is 2. The third-order valence-electron chi connectivity index (χ3n) is 4.98. The van der Waals surface area contributed by atoms with E-state index in [4.69, 9.17) is 0 Å². The summed E-state index contributed by atoms with van der Waals surface area (Å²) >= 11 is 0. The van der Waals surface area contributed by atoms with E-state index in [9.17, 15) is 9.90 Å². The first-order chi connectivity index (χ1) is 11.7. The van der Waals surface area contributed by atoms with Crippen molar-refractivity contribution in [3.05, 3.63) is 59.7 Å². The third kappa shape index (κ3) is 2.83. The van der Waals surface area contributed by atoms with E-state index in [0.29, 0.717) is 13.1 Å². The highest BCUT2D eigenvalue weighted by atomic mass is 16.3. The van der Waals surface area contributed by atoms with Crippen molar-refractivity contribution in [2.24, 2.45) is 0 Å². The summed E-state index contributed by atoms with van der Waals surface area (Å²) in [6.07, 6.45) is 2.33. The normalized spacial score (nSPS) is 20.4. The molecule has 2 heterocycles. The van der Waals surface area contributed by atoms with Gasteiger partial charge in [0.05, 0.1) is 24.0 Å². The summed E-state index contributed by atoms with van der Waals surface area (Å²) in [7, 11) is 0. The van der Waals surface area contributed by atoms with Crippen molar-refractivity contribution in [1.29, 1.82) is 0 Å². The van der Waals surface area contributed by atoms with Gasteiger partial charge in [-0.05, 0) is 42.5 Å². The van der Waals surface area contributed by atoms with Crippen molar-refractivity contribution < 1.29 is 9.90 Å². The Morgan fingerprint density at radius 2 is 1.58 bits per heavy atom. The number of anilines is 2. The molecule has 124 valence electrons. The number of hydrogen-bond donors (Lipinski definition) is 1. The lowest BCUT2D eigenvalue weighted by Gasteiger charge is -2.27. The van der Waals surface area contributed by atoms with Crippen LogP contribution in [0.3, 0.4) is 0 Å². The van der Waals surface area contributed by atoms with E-state index in [2.05, 4.69) is 12.1 Å². The minimum Gasteiger partial charge on any atom is -0.392 e. The number of aliphatic hydroxyl groups is 1. The molecule has 4 heteroatoms. The van der Waals surface area contributed by atoms with Crippen LogP contribution < -0.4 is 4.90 Å². The first-order valence-corrected chi connectivity index (χ1v) is 8.61. The molecular weight excluding hydrogens is 300 g/mol. The van der Waals surface area contributed by atoms with Crippen LogP contribution >= 0.6 is 0 Å². The lowest BCUT2D eigenvalue weighted by atomic mass is 10.0. The van der Waals surface area contributed by atoms with Crippen molar-refractivity contribution in [3.63, 3.8) is 0 Å². The molecule has 2 aliphatic heterocycles. The first-order valence-electron chi connectivity index (χ1n) is 8.61. The zero-order valence-corrected chi connectivity index (χ0v) is 13.7. The van der Waals surface area contributed by atoms with Crippen LogP contribution in [-0.2, 0) is 17.6 Å². The van der Waals surface area contributed by atoms with Gasteiger partial charge in [0.25, 0.3) is 0 Å². The van der Waals surface area contributed by atoms with E-state index in [1.165, 1.54) is 11.1 Å². The maximum atomic E-state index is 13.1. The fourth-order valence-electron chi connectivity index (χ4n) is 3.77. The second-order valence-corrected chi connectivity index (χ2v) is 6.66. The lowest BCUT2D eigenvalue weighted by molar-refractivity contribution is -0.118. The predicted molar refractivity (Wildman–Crippen MR) is 94.5 cm³/mol. The minimum absolute atomic E-state index is 0.0749.